The molecule has 0 spiro atoms. The number of ether oxygens (including phenoxy) is 2. The third-order valence-electron chi connectivity index (χ3n) is 7.58. The second-order valence-corrected chi connectivity index (χ2v) is 13.6. The fourth-order valence-electron chi connectivity index (χ4n) is 5.11. The minimum absolute atomic E-state index is 0.218. The third kappa shape index (κ3) is 7.58. The molecule has 1 atom stereocenters. The number of unbranched alkanes of at least 4 members (excludes halogenated alkanes) is 1. The highest BCUT2D eigenvalue weighted by Gasteiger charge is 2.35. The van der Waals surface area contributed by atoms with E-state index in [-0.39, 0.29) is 5.91 Å². The number of benzene rings is 3. The highest BCUT2D eigenvalue weighted by atomic mass is 79.9. The van der Waals surface area contributed by atoms with E-state index in [4.69, 9.17) is 19.6 Å². The number of hydrogen-bond acceptors (Lipinski definition) is 7. The van der Waals surface area contributed by atoms with E-state index in [1.807, 2.05) is 82.3 Å². The fourth-order valence-corrected chi connectivity index (χ4v) is 7.04. The maximum Gasteiger partial charge on any atom is 0.255 e. The number of nitrogens with one attached hydrogen (secondary N) is 2. The van der Waals surface area contributed by atoms with Gasteiger partial charge in [0.1, 0.15) is 12.6 Å². The number of halogens is 2. The molecule has 1 aliphatic heterocycles. The smallest absolute Gasteiger partial charge is 0.255 e. The van der Waals surface area contributed by atoms with Gasteiger partial charge >= 0.3 is 0 Å². The minimum atomic E-state index is -0.575. The Morgan fingerprint density at radius 2 is 1.87 bits per heavy atom. The zero-order valence-corrected chi connectivity index (χ0v) is 30.0. The van der Waals surface area contributed by atoms with Crippen LogP contribution in [-0.2, 0) is 11.4 Å². The predicted molar refractivity (Wildman–Crippen MR) is 188 cm³/mol. The summed E-state index contributed by atoms with van der Waals surface area (Å²) in [5.41, 5.74) is 5.97. The summed E-state index contributed by atoms with van der Waals surface area (Å²) in [5, 5.41) is 12.1. The average molecular weight is 756 g/mol. The first-order valence-corrected chi connectivity index (χ1v) is 17.5. The molecular weight excluding hydrogens is 718 g/mol. The molecule has 0 fully saturated rings. The Bertz CT molecular complexity index is 1740. The van der Waals surface area contributed by atoms with Gasteiger partial charge in [0, 0.05) is 21.6 Å². The first kappa shape index (κ1) is 33.1. The quantitative estimate of drug-likeness (QED) is 0.110. The molecule has 1 aliphatic rings. The molecule has 3 aromatic carbocycles. The highest BCUT2D eigenvalue weighted by Crippen LogP contribution is 2.44. The number of allylic oxidation sites excluding steroid dienone is 1. The van der Waals surface area contributed by atoms with Crippen LogP contribution in [0, 0.1) is 13.8 Å². The first-order chi connectivity index (χ1) is 21.7. The van der Waals surface area contributed by atoms with Crippen LogP contribution in [0.2, 0.25) is 0 Å². The summed E-state index contributed by atoms with van der Waals surface area (Å²) >= 11 is 8.91. The van der Waals surface area contributed by atoms with E-state index < -0.39 is 6.04 Å². The molecule has 1 amide bonds. The Morgan fingerprint density at radius 3 is 2.62 bits per heavy atom. The van der Waals surface area contributed by atoms with Crippen molar-refractivity contribution in [2.45, 2.75) is 65.3 Å². The molecule has 45 heavy (non-hydrogen) atoms. The molecule has 0 saturated carbocycles. The Hall–Kier alpha value is -3.28. The van der Waals surface area contributed by atoms with Crippen molar-refractivity contribution in [1.82, 2.24) is 14.8 Å². The number of carbonyl (C=O) groups excluding carboxylic acids is 1. The molecule has 0 radical (unpaired) electrons. The van der Waals surface area contributed by atoms with Crippen LogP contribution < -0.4 is 20.1 Å². The maximum absolute atomic E-state index is 14.2. The normalized spacial score (nSPS) is 14.2. The Balaban J connectivity index is 1.57. The molecule has 0 aliphatic carbocycles. The van der Waals surface area contributed by atoms with Gasteiger partial charge in [0.25, 0.3) is 5.91 Å². The predicted octanol–water partition coefficient (Wildman–Crippen LogP) is 9.22. The average Bonchev–Trinajstić information content (AvgIpc) is 3.40. The van der Waals surface area contributed by atoms with Crippen LogP contribution in [0.5, 0.6) is 11.5 Å². The fraction of sp³-hybridized carbons (Fsp3) is 0.324. The van der Waals surface area contributed by atoms with Gasteiger partial charge in [-0.25, -0.2) is 4.68 Å². The van der Waals surface area contributed by atoms with E-state index in [2.05, 4.69) is 49.4 Å². The van der Waals surface area contributed by atoms with Crippen molar-refractivity contribution >= 4 is 61.2 Å². The van der Waals surface area contributed by atoms with Crippen molar-refractivity contribution in [3.63, 3.8) is 0 Å². The molecular formula is C34H37Br2N5O3S. The van der Waals surface area contributed by atoms with E-state index >= 15 is 0 Å². The summed E-state index contributed by atoms with van der Waals surface area (Å²) in [5.74, 6) is 2.45. The summed E-state index contributed by atoms with van der Waals surface area (Å²) in [6, 6.07) is 17.2. The molecule has 4 aromatic rings. The van der Waals surface area contributed by atoms with Crippen molar-refractivity contribution in [3.05, 3.63) is 97.1 Å². The van der Waals surface area contributed by atoms with Gasteiger partial charge < -0.3 is 20.1 Å². The van der Waals surface area contributed by atoms with Crippen molar-refractivity contribution < 1.29 is 14.3 Å². The van der Waals surface area contributed by atoms with E-state index in [9.17, 15) is 4.79 Å². The molecule has 236 valence electrons. The molecule has 2 N–H and O–H groups in total. The number of carbonyl (C=O) groups is 1. The molecule has 2 heterocycles. The van der Waals surface area contributed by atoms with Crippen molar-refractivity contribution in [2.24, 2.45) is 0 Å². The van der Waals surface area contributed by atoms with Gasteiger partial charge in [-0.05, 0) is 103 Å². The van der Waals surface area contributed by atoms with Crippen molar-refractivity contribution in [2.75, 3.05) is 23.0 Å². The molecule has 1 unspecified atom stereocenters. The van der Waals surface area contributed by atoms with E-state index in [0.29, 0.717) is 51.6 Å². The topological polar surface area (TPSA) is 90.3 Å². The number of thioether (sulfide) groups is 1. The Labute approximate surface area is 285 Å². The van der Waals surface area contributed by atoms with E-state index in [1.54, 1.807) is 16.4 Å². The summed E-state index contributed by atoms with van der Waals surface area (Å²) in [7, 11) is 0. The lowest BCUT2D eigenvalue weighted by molar-refractivity contribution is -0.113. The van der Waals surface area contributed by atoms with Gasteiger partial charge in [-0.1, -0.05) is 65.3 Å². The third-order valence-corrected chi connectivity index (χ3v) is 9.59. The first-order valence-electron chi connectivity index (χ1n) is 15.0. The SMILES string of the molecule is CCCCSc1nc2n(n1)C(c1cc(Br)c(OCc3cccc(Br)c3)c(OCC)c1)C(C(=O)Nc1cccc(C)c1C)=C(C)N2. The number of aromatic nitrogens is 3. The largest absolute Gasteiger partial charge is 0.490 e. The van der Waals surface area contributed by atoms with Gasteiger partial charge in [0.2, 0.25) is 11.1 Å². The molecule has 0 saturated heterocycles. The van der Waals surface area contributed by atoms with Gasteiger partial charge in [-0.15, -0.1) is 5.10 Å². The summed E-state index contributed by atoms with van der Waals surface area (Å²) < 4.78 is 15.9. The summed E-state index contributed by atoms with van der Waals surface area (Å²) in [6.45, 7) is 10.9. The number of anilines is 2. The minimum Gasteiger partial charge on any atom is -0.490 e. The molecule has 5 rings (SSSR count). The van der Waals surface area contributed by atoms with E-state index in [0.717, 1.165) is 51.0 Å². The van der Waals surface area contributed by atoms with E-state index in [1.165, 1.54) is 0 Å². The number of amides is 1. The van der Waals surface area contributed by atoms with Crippen LogP contribution in [0.3, 0.4) is 0 Å². The monoisotopic (exact) mass is 753 g/mol. The molecule has 1 aromatic heterocycles. The van der Waals surface area contributed by atoms with Crippen LogP contribution in [0.1, 0.15) is 61.9 Å². The molecule has 8 nitrogen and oxygen atoms in total. The highest BCUT2D eigenvalue weighted by molar-refractivity contribution is 9.10. The summed E-state index contributed by atoms with van der Waals surface area (Å²) in [6.07, 6.45) is 2.16. The number of nitrogens with zero attached hydrogens (tertiary/aromatic N) is 3. The zero-order chi connectivity index (χ0) is 32.1. The number of rotatable bonds is 12. The second-order valence-electron chi connectivity index (χ2n) is 10.8. The van der Waals surface area contributed by atoms with Crippen molar-refractivity contribution in [1.29, 1.82) is 0 Å². The Kier molecular flexibility index (Phi) is 10.9. The van der Waals surface area contributed by atoms with Gasteiger partial charge in [-0.2, -0.15) is 4.98 Å². The number of aryl methyl sites for hydroxylation is 1. The van der Waals surface area contributed by atoms with Gasteiger partial charge in [-0.3, -0.25) is 4.79 Å². The Morgan fingerprint density at radius 1 is 1.07 bits per heavy atom. The standard InChI is InChI=1S/C34H37Br2N5O3S/c1-6-8-15-45-34-39-33-37-22(5)29(32(42)38-27-14-9-11-20(3)21(27)4)30(41(33)40-34)24-17-26(36)31(28(18-24)43-7-2)44-19-23-12-10-13-25(35)16-23/h9-14,16-18,30H,6-8,15,19H2,1-5H3,(H,38,42)(H,37,39,40). The molecule has 11 heteroatoms. The number of fused-ring (bicyclic) bond motifs is 1. The lowest BCUT2D eigenvalue weighted by Crippen LogP contribution is -2.31. The lowest BCUT2D eigenvalue weighted by Gasteiger charge is -2.29. The second kappa shape index (κ2) is 14.9. The van der Waals surface area contributed by atoms with Crippen LogP contribution in [0.25, 0.3) is 0 Å². The summed E-state index contributed by atoms with van der Waals surface area (Å²) in [4.78, 5) is 18.9. The maximum atomic E-state index is 14.2. The number of hydrogen-bond donors (Lipinski definition) is 2. The van der Waals surface area contributed by atoms with Crippen LogP contribution in [0.15, 0.2) is 80.0 Å². The van der Waals surface area contributed by atoms with Gasteiger partial charge in [0.05, 0.1) is 16.7 Å². The molecule has 0 bridgehead atoms. The van der Waals surface area contributed by atoms with Crippen LogP contribution in [-0.4, -0.2) is 33.0 Å². The lowest BCUT2D eigenvalue weighted by atomic mass is 9.94. The zero-order valence-electron chi connectivity index (χ0n) is 26.0. The van der Waals surface area contributed by atoms with Crippen LogP contribution >= 0.6 is 43.6 Å². The van der Waals surface area contributed by atoms with Crippen molar-refractivity contribution in [3.8, 4) is 11.5 Å². The van der Waals surface area contributed by atoms with Gasteiger partial charge in [0.15, 0.2) is 11.5 Å². The van der Waals surface area contributed by atoms with Crippen LogP contribution in [0.4, 0.5) is 11.6 Å².